The van der Waals surface area contributed by atoms with Gasteiger partial charge in [-0.3, -0.25) is 24.2 Å². The maximum Gasteiger partial charge on any atom is 0.261 e. The van der Waals surface area contributed by atoms with Crippen LogP contribution in [0, 0.1) is 0 Å². The first-order valence-corrected chi connectivity index (χ1v) is 10.6. The predicted octanol–water partition coefficient (Wildman–Crippen LogP) is 3.06. The molecule has 6 nitrogen and oxygen atoms in total. The number of nitrogens with zero attached hydrogens (tertiary/aromatic N) is 2. The van der Waals surface area contributed by atoms with E-state index in [1.54, 1.807) is 29.2 Å². The van der Waals surface area contributed by atoms with Gasteiger partial charge in [-0.25, -0.2) is 8.78 Å². The lowest BCUT2D eigenvalue weighted by Gasteiger charge is -2.32. The minimum absolute atomic E-state index is 0.0239. The highest BCUT2D eigenvalue weighted by Crippen LogP contribution is 2.30. The van der Waals surface area contributed by atoms with Gasteiger partial charge in [-0.2, -0.15) is 0 Å². The zero-order chi connectivity index (χ0) is 22.0. The number of alkyl halides is 2. The van der Waals surface area contributed by atoms with Crippen LogP contribution in [0.4, 0.5) is 8.78 Å². The van der Waals surface area contributed by atoms with Crippen LogP contribution in [0.1, 0.15) is 46.4 Å². The molecule has 0 aliphatic carbocycles. The van der Waals surface area contributed by atoms with Gasteiger partial charge >= 0.3 is 0 Å². The van der Waals surface area contributed by atoms with Crippen LogP contribution in [0.2, 0.25) is 0 Å². The summed E-state index contributed by atoms with van der Waals surface area (Å²) >= 11 is 0. The van der Waals surface area contributed by atoms with Crippen molar-refractivity contribution in [3.05, 3.63) is 47.5 Å². The minimum atomic E-state index is -2.34. The highest BCUT2D eigenvalue weighted by molar-refractivity contribution is 6.25. The van der Waals surface area contributed by atoms with Gasteiger partial charge in [0.2, 0.25) is 5.91 Å². The van der Waals surface area contributed by atoms with E-state index in [0.717, 1.165) is 5.39 Å². The van der Waals surface area contributed by atoms with E-state index in [1.807, 2.05) is 12.1 Å². The van der Waals surface area contributed by atoms with Gasteiger partial charge in [0.05, 0.1) is 6.54 Å². The van der Waals surface area contributed by atoms with Gasteiger partial charge in [-0.05, 0) is 36.8 Å². The van der Waals surface area contributed by atoms with Crippen molar-refractivity contribution in [1.29, 1.82) is 0 Å². The number of benzene rings is 2. The molecule has 2 aliphatic rings. The molecule has 4 rings (SSSR count). The molecule has 0 unspecified atom stereocenters. The molecule has 8 heteroatoms. The topological polar surface area (TPSA) is 69.7 Å². The van der Waals surface area contributed by atoms with E-state index in [4.69, 9.17) is 0 Å². The summed E-state index contributed by atoms with van der Waals surface area (Å²) in [7, 11) is 0. The Morgan fingerprint density at radius 1 is 1.03 bits per heavy atom. The van der Waals surface area contributed by atoms with Crippen LogP contribution < -0.4 is 5.32 Å². The van der Waals surface area contributed by atoms with Crippen LogP contribution in [0.5, 0.6) is 0 Å². The Morgan fingerprint density at radius 3 is 2.23 bits per heavy atom. The van der Waals surface area contributed by atoms with Crippen LogP contribution in [0.3, 0.4) is 0 Å². The van der Waals surface area contributed by atoms with Gasteiger partial charge in [0.15, 0.2) is 0 Å². The number of hydrogen-bond acceptors (Lipinski definition) is 4. The van der Waals surface area contributed by atoms with Crippen molar-refractivity contribution in [1.82, 2.24) is 15.1 Å². The monoisotopic (exact) mass is 429 g/mol. The fourth-order valence-corrected chi connectivity index (χ4v) is 4.44. The number of carbonyl (C=O) groups is 3. The molecule has 2 aliphatic heterocycles. The van der Waals surface area contributed by atoms with Crippen molar-refractivity contribution < 1.29 is 23.2 Å². The van der Waals surface area contributed by atoms with E-state index < -0.39 is 6.43 Å². The number of likely N-dealkylation sites (tertiary alicyclic amines) is 1. The molecule has 0 aromatic heterocycles. The molecule has 1 saturated heterocycles. The van der Waals surface area contributed by atoms with E-state index in [-0.39, 0.29) is 43.3 Å². The van der Waals surface area contributed by atoms with Crippen molar-refractivity contribution >= 4 is 28.5 Å². The van der Waals surface area contributed by atoms with Gasteiger partial charge in [0.1, 0.15) is 0 Å². The number of hydrogen-bond donors (Lipinski definition) is 1. The van der Waals surface area contributed by atoms with Gasteiger partial charge in [-0.1, -0.05) is 24.3 Å². The van der Waals surface area contributed by atoms with Crippen LogP contribution in [-0.4, -0.2) is 66.2 Å². The Kier molecular flexibility index (Phi) is 6.27. The Bertz CT molecular complexity index is 952. The normalized spacial score (nSPS) is 17.6. The Labute approximate surface area is 179 Å². The molecular formula is C23H25F2N3O3. The van der Waals surface area contributed by atoms with Crippen molar-refractivity contribution in [3.63, 3.8) is 0 Å². The Morgan fingerprint density at radius 2 is 1.65 bits per heavy atom. The van der Waals surface area contributed by atoms with Crippen LogP contribution in [0.15, 0.2) is 36.4 Å². The molecule has 0 spiro atoms. The maximum atomic E-state index is 12.9. The maximum absolute atomic E-state index is 12.9. The first kappa shape index (κ1) is 21.4. The largest absolute Gasteiger partial charge is 0.353 e. The lowest BCUT2D eigenvalue weighted by molar-refractivity contribution is -0.122. The van der Waals surface area contributed by atoms with Crippen LogP contribution in [-0.2, 0) is 4.79 Å². The van der Waals surface area contributed by atoms with Gasteiger partial charge in [0.25, 0.3) is 18.2 Å². The predicted molar refractivity (Wildman–Crippen MR) is 112 cm³/mol. The minimum Gasteiger partial charge on any atom is -0.353 e. The fourth-order valence-electron chi connectivity index (χ4n) is 4.44. The highest BCUT2D eigenvalue weighted by atomic mass is 19.3. The second-order valence-corrected chi connectivity index (χ2v) is 8.11. The number of halogens is 2. The summed E-state index contributed by atoms with van der Waals surface area (Å²) in [4.78, 5) is 40.9. The van der Waals surface area contributed by atoms with Crippen molar-refractivity contribution in [2.24, 2.45) is 0 Å². The third-order valence-electron chi connectivity index (χ3n) is 5.99. The smallest absolute Gasteiger partial charge is 0.261 e. The number of rotatable bonds is 7. The van der Waals surface area contributed by atoms with Crippen molar-refractivity contribution in [2.75, 3.05) is 26.2 Å². The van der Waals surface area contributed by atoms with Crippen molar-refractivity contribution in [3.8, 4) is 0 Å². The molecule has 3 amide bonds. The average molecular weight is 429 g/mol. The first-order chi connectivity index (χ1) is 14.9. The molecule has 0 radical (unpaired) electrons. The first-order valence-electron chi connectivity index (χ1n) is 10.6. The lowest BCUT2D eigenvalue weighted by Crippen LogP contribution is -2.46. The van der Waals surface area contributed by atoms with Gasteiger partial charge < -0.3 is 5.32 Å². The number of imide groups is 1. The molecular weight excluding hydrogens is 404 g/mol. The summed E-state index contributed by atoms with van der Waals surface area (Å²) < 4.78 is 24.9. The SMILES string of the molecule is O=C(CCCN1C(=O)c2cccc3cccc(c23)C1=O)NC1CCN(CC(F)F)CC1. The highest BCUT2D eigenvalue weighted by Gasteiger charge is 2.32. The summed E-state index contributed by atoms with van der Waals surface area (Å²) in [6.45, 7) is 1.02. The number of amides is 3. The molecule has 31 heavy (non-hydrogen) atoms. The Hall–Kier alpha value is -2.87. The second-order valence-electron chi connectivity index (χ2n) is 8.11. The molecule has 2 aromatic rings. The fraction of sp³-hybridized carbons (Fsp3) is 0.435. The van der Waals surface area contributed by atoms with Crippen molar-refractivity contribution in [2.45, 2.75) is 38.2 Å². The van der Waals surface area contributed by atoms with E-state index in [1.165, 1.54) is 4.90 Å². The van der Waals surface area contributed by atoms with Crippen LogP contribution >= 0.6 is 0 Å². The summed E-state index contributed by atoms with van der Waals surface area (Å²) in [6, 6.07) is 10.8. The zero-order valence-electron chi connectivity index (χ0n) is 17.2. The van der Waals surface area contributed by atoms with E-state index in [2.05, 4.69) is 5.32 Å². The molecule has 164 valence electrons. The molecule has 0 bridgehead atoms. The van der Waals surface area contributed by atoms with E-state index >= 15 is 0 Å². The second kappa shape index (κ2) is 9.09. The molecule has 0 atom stereocenters. The lowest BCUT2D eigenvalue weighted by atomic mass is 9.94. The van der Waals surface area contributed by atoms with E-state index in [0.29, 0.717) is 48.9 Å². The zero-order valence-corrected chi connectivity index (χ0v) is 17.2. The molecule has 1 fully saturated rings. The number of piperidine rings is 1. The van der Waals surface area contributed by atoms with Gasteiger partial charge in [0, 0.05) is 48.6 Å². The summed E-state index contributed by atoms with van der Waals surface area (Å²) in [5, 5.41) is 4.49. The number of nitrogens with one attached hydrogen (secondary N) is 1. The molecule has 1 N–H and O–H groups in total. The molecule has 0 saturated carbocycles. The third kappa shape index (κ3) is 4.58. The summed E-state index contributed by atoms with van der Waals surface area (Å²) in [6.07, 6.45) is -0.499. The molecule has 2 heterocycles. The summed E-state index contributed by atoms with van der Waals surface area (Å²) in [5.74, 6) is -0.811. The quantitative estimate of drug-likeness (QED) is 0.687. The third-order valence-corrected chi connectivity index (χ3v) is 5.99. The molecule has 2 aromatic carbocycles. The standard InChI is InChI=1S/C23H25F2N3O3/c24-19(25)14-27-12-9-16(10-13-27)26-20(29)8-3-11-28-22(30)17-6-1-4-15-5-2-7-18(21(15)17)23(28)31/h1-2,4-7,16,19H,3,8-14H2,(H,26,29). The average Bonchev–Trinajstić information content (AvgIpc) is 2.75. The van der Waals surface area contributed by atoms with Gasteiger partial charge in [-0.15, -0.1) is 0 Å². The summed E-state index contributed by atoms with van der Waals surface area (Å²) in [5.41, 5.74) is 1.01. The number of carbonyl (C=O) groups excluding carboxylic acids is 3. The van der Waals surface area contributed by atoms with Crippen LogP contribution in [0.25, 0.3) is 10.8 Å². The Balaban J connectivity index is 1.29. The van der Waals surface area contributed by atoms with E-state index in [9.17, 15) is 23.2 Å².